The average molecular weight is 361 g/mol. The molecule has 0 unspecified atom stereocenters. The molecule has 0 spiro atoms. The Morgan fingerprint density at radius 1 is 1.04 bits per heavy atom. The SMILES string of the molecule is CS(=O)(=O)Cc1ccc(C(=O)Nc2ccc3c(c2)OCCCO3)cc1. The predicted octanol–water partition coefficient (Wildman–Crippen LogP) is 2.64. The van der Waals surface area contributed by atoms with Crippen molar-refractivity contribution in [1.82, 2.24) is 0 Å². The second kappa shape index (κ2) is 7.14. The second-order valence-electron chi connectivity index (χ2n) is 5.93. The molecule has 0 saturated heterocycles. The summed E-state index contributed by atoms with van der Waals surface area (Å²) < 4.78 is 33.8. The van der Waals surface area contributed by atoms with Gasteiger partial charge in [0.25, 0.3) is 5.91 Å². The third-order valence-corrected chi connectivity index (χ3v) is 4.51. The number of fused-ring (bicyclic) bond motifs is 1. The lowest BCUT2D eigenvalue weighted by Crippen LogP contribution is -2.12. The zero-order valence-corrected chi connectivity index (χ0v) is 14.6. The van der Waals surface area contributed by atoms with E-state index in [1.54, 1.807) is 42.5 Å². The molecule has 0 atom stereocenters. The van der Waals surface area contributed by atoms with Gasteiger partial charge in [-0.15, -0.1) is 0 Å². The number of rotatable bonds is 4. The molecule has 0 bridgehead atoms. The fourth-order valence-corrected chi connectivity index (χ4v) is 3.30. The van der Waals surface area contributed by atoms with Crippen LogP contribution >= 0.6 is 0 Å². The van der Waals surface area contributed by atoms with Gasteiger partial charge < -0.3 is 14.8 Å². The Balaban J connectivity index is 1.71. The highest BCUT2D eigenvalue weighted by molar-refractivity contribution is 7.89. The number of carbonyl (C=O) groups excluding carboxylic acids is 1. The van der Waals surface area contributed by atoms with Gasteiger partial charge in [0.15, 0.2) is 21.3 Å². The van der Waals surface area contributed by atoms with Crippen molar-refractivity contribution in [1.29, 1.82) is 0 Å². The number of benzene rings is 2. The van der Waals surface area contributed by atoms with E-state index in [1.807, 2.05) is 0 Å². The monoisotopic (exact) mass is 361 g/mol. The van der Waals surface area contributed by atoms with Gasteiger partial charge in [0.2, 0.25) is 0 Å². The number of hydrogen-bond donors (Lipinski definition) is 1. The van der Waals surface area contributed by atoms with Gasteiger partial charge in [0.05, 0.1) is 19.0 Å². The molecule has 7 heteroatoms. The highest BCUT2D eigenvalue weighted by Crippen LogP contribution is 2.32. The van der Waals surface area contributed by atoms with Crippen molar-refractivity contribution < 1.29 is 22.7 Å². The van der Waals surface area contributed by atoms with Crippen molar-refractivity contribution in [2.75, 3.05) is 24.8 Å². The van der Waals surface area contributed by atoms with Crippen LogP contribution in [0.25, 0.3) is 0 Å². The fraction of sp³-hybridized carbons (Fsp3) is 0.278. The number of amides is 1. The predicted molar refractivity (Wildman–Crippen MR) is 95.0 cm³/mol. The molecule has 2 aromatic rings. The smallest absolute Gasteiger partial charge is 0.255 e. The maximum Gasteiger partial charge on any atom is 0.255 e. The minimum atomic E-state index is -3.10. The van der Waals surface area contributed by atoms with Crippen LogP contribution < -0.4 is 14.8 Å². The van der Waals surface area contributed by atoms with Gasteiger partial charge in [-0.2, -0.15) is 0 Å². The van der Waals surface area contributed by atoms with Crippen LogP contribution in [0.1, 0.15) is 22.3 Å². The maximum absolute atomic E-state index is 12.3. The number of ether oxygens (including phenoxy) is 2. The molecular weight excluding hydrogens is 342 g/mol. The summed E-state index contributed by atoms with van der Waals surface area (Å²) in [6.45, 7) is 1.19. The van der Waals surface area contributed by atoms with Crippen LogP contribution in [0.15, 0.2) is 42.5 Å². The number of hydrogen-bond acceptors (Lipinski definition) is 5. The summed E-state index contributed by atoms with van der Waals surface area (Å²) in [4.78, 5) is 12.3. The molecule has 0 saturated carbocycles. The molecule has 1 aliphatic rings. The molecule has 1 aliphatic heterocycles. The molecule has 2 aromatic carbocycles. The molecule has 3 rings (SSSR count). The van der Waals surface area contributed by atoms with E-state index in [9.17, 15) is 13.2 Å². The summed E-state index contributed by atoms with van der Waals surface area (Å²) in [6, 6.07) is 11.8. The van der Waals surface area contributed by atoms with E-state index in [4.69, 9.17) is 9.47 Å². The topological polar surface area (TPSA) is 81.7 Å². The van der Waals surface area contributed by atoms with Crippen LogP contribution in [-0.2, 0) is 15.6 Å². The maximum atomic E-state index is 12.3. The molecule has 0 aliphatic carbocycles. The molecule has 0 fully saturated rings. The van der Waals surface area contributed by atoms with E-state index in [2.05, 4.69) is 5.32 Å². The Morgan fingerprint density at radius 3 is 2.40 bits per heavy atom. The molecule has 6 nitrogen and oxygen atoms in total. The van der Waals surface area contributed by atoms with E-state index in [-0.39, 0.29) is 11.7 Å². The molecule has 1 heterocycles. The average Bonchev–Trinajstić information content (AvgIpc) is 2.79. The van der Waals surface area contributed by atoms with E-state index in [0.717, 1.165) is 6.42 Å². The van der Waals surface area contributed by atoms with Gasteiger partial charge in [-0.05, 0) is 29.8 Å². The normalized spacial score (nSPS) is 13.8. The van der Waals surface area contributed by atoms with Crippen LogP contribution in [0.5, 0.6) is 11.5 Å². The van der Waals surface area contributed by atoms with E-state index < -0.39 is 9.84 Å². The highest BCUT2D eigenvalue weighted by atomic mass is 32.2. The van der Waals surface area contributed by atoms with Crippen molar-refractivity contribution in [2.24, 2.45) is 0 Å². The number of sulfone groups is 1. The largest absolute Gasteiger partial charge is 0.490 e. The third-order valence-electron chi connectivity index (χ3n) is 3.65. The van der Waals surface area contributed by atoms with Crippen molar-refractivity contribution in [3.8, 4) is 11.5 Å². The van der Waals surface area contributed by atoms with Gasteiger partial charge in [-0.3, -0.25) is 4.79 Å². The van der Waals surface area contributed by atoms with Crippen LogP contribution in [0.3, 0.4) is 0 Å². The van der Waals surface area contributed by atoms with Crippen LogP contribution in [0.4, 0.5) is 5.69 Å². The zero-order valence-electron chi connectivity index (χ0n) is 13.8. The zero-order chi connectivity index (χ0) is 17.9. The molecule has 0 aromatic heterocycles. The summed E-state index contributed by atoms with van der Waals surface area (Å²) in [5.41, 5.74) is 1.70. The van der Waals surface area contributed by atoms with Crippen LogP contribution in [0, 0.1) is 0 Å². The molecule has 0 radical (unpaired) electrons. The lowest BCUT2D eigenvalue weighted by Gasteiger charge is -2.10. The molecule has 1 N–H and O–H groups in total. The van der Waals surface area contributed by atoms with Crippen LogP contribution in [0.2, 0.25) is 0 Å². The first-order valence-corrected chi connectivity index (χ1v) is 9.94. The Kier molecular flexibility index (Phi) is 4.94. The Bertz CT molecular complexity index is 875. The molecule has 132 valence electrons. The number of anilines is 1. The molecule has 25 heavy (non-hydrogen) atoms. The highest BCUT2D eigenvalue weighted by Gasteiger charge is 2.13. The lowest BCUT2D eigenvalue weighted by molar-refractivity contribution is 0.102. The number of carbonyl (C=O) groups is 1. The molecule has 1 amide bonds. The van der Waals surface area contributed by atoms with Crippen molar-refractivity contribution in [3.63, 3.8) is 0 Å². The van der Waals surface area contributed by atoms with Gasteiger partial charge in [-0.1, -0.05) is 12.1 Å². The summed E-state index contributed by atoms with van der Waals surface area (Å²) in [6.07, 6.45) is 1.99. The van der Waals surface area contributed by atoms with Crippen LogP contribution in [-0.4, -0.2) is 33.8 Å². The first kappa shape index (κ1) is 17.3. The van der Waals surface area contributed by atoms with E-state index in [0.29, 0.717) is 41.5 Å². The standard InChI is InChI=1S/C18H19NO5S/c1-25(21,22)12-13-3-5-14(6-4-13)18(20)19-15-7-8-16-17(11-15)24-10-2-9-23-16/h3-8,11H,2,9-10,12H2,1H3,(H,19,20). The summed E-state index contributed by atoms with van der Waals surface area (Å²) in [5, 5.41) is 2.80. The number of nitrogens with one attached hydrogen (secondary N) is 1. The summed E-state index contributed by atoms with van der Waals surface area (Å²) in [5.74, 6) is 0.955. The molecular formula is C18H19NO5S. The summed E-state index contributed by atoms with van der Waals surface area (Å²) in [7, 11) is -3.10. The van der Waals surface area contributed by atoms with Crippen molar-refractivity contribution in [2.45, 2.75) is 12.2 Å². The van der Waals surface area contributed by atoms with Gasteiger partial charge in [0, 0.05) is 30.0 Å². The van der Waals surface area contributed by atoms with Gasteiger partial charge >= 0.3 is 0 Å². The Hall–Kier alpha value is -2.54. The Morgan fingerprint density at radius 2 is 1.72 bits per heavy atom. The fourth-order valence-electron chi connectivity index (χ4n) is 2.50. The first-order valence-electron chi connectivity index (χ1n) is 7.88. The first-order chi connectivity index (χ1) is 11.9. The quantitative estimate of drug-likeness (QED) is 0.905. The minimum Gasteiger partial charge on any atom is -0.490 e. The third kappa shape index (κ3) is 4.73. The van der Waals surface area contributed by atoms with Gasteiger partial charge in [0.1, 0.15) is 0 Å². The lowest BCUT2D eigenvalue weighted by atomic mass is 10.1. The summed E-state index contributed by atoms with van der Waals surface area (Å²) >= 11 is 0. The second-order valence-corrected chi connectivity index (χ2v) is 8.07. The van der Waals surface area contributed by atoms with Crippen molar-refractivity contribution >= 4 is 21.4 Å². The minimum absolute atomic E-state index is 0.0446. The van der Waals surface area contributed by atoms with Gasteiger partial charge in [-0.25, -0.2) is 8.42 Å². The Labute approximate surface area is 146 Å². The van der Waals surface area contributed by atoms with Crippen molar-refractivity contribution in [3.05, 3.63) is 53.6 Å². The van der Waals surface area contributed by atoms with E-state index in [1.165, 1.54) is 6.26 Å². The van der Waals surface area contributed by atoms with E-state index >= 15 is 0 Å².